The molecule has 0 radical (unpaired) electrons. The fraction of sp³-hybridized carbons (Fsp3) is 0.615. The lowest BCUT2D eigenvalue weighted by atomic mass is 10.3. The lowest BCUT2D eigenvalue weighted by molar-refractivity contribution is 0.179. The summed E-state index contributed by atoms with van der Waals surface area (Å²) in [5.41, 5.74) is 1.13. The summed E-state index contributed by atoms with van der Waals surface area (Å²) in [4.78, 5) is 10.6. The number of ether oxygens (including phenoxy) is 1. The fourth-order valence-corrected chi connectivity index (χ4v) is 1.93. The Morgan fingerprint density at radius 1 is 1.50 bits per heavy atom. The third-order valence-corrected chi connectivity index (χ3v) is 3.31. The summed E-state index contributed by atoms with van der Waals surface area (Å²) in [5, 5.41) is 3.83. The zero-order valence-corrected chi connectivity index (χ0v) is 12.4. The van der Waals surface area contributed by atoms with E-state index in [1.807, 2.05) is 33.4 Å². The van der Waals surface area contributed by atoms with E-state index < -0.39 is 0 Å². The van der Waals surface area contributed by atoms with Gasteiger partial charge in [-0.25, -0.2) is 4.98 Å². The summed E-state index contributed by atoms with van der Waals surface area (Å²) in [7, 11) is 3.72. The average Bonchev–Trinajstić information content (AvgIpc) is 3.04. The molecule has 7 heteroatoms. The maximum Gasteiger partial charge on any atom is 0.243 e. The second-order valence-electron chi connectivity index (χ2n) is 4.84. The highest BCUT2D eigenvalue weighted by Gasteiger charge is 2.19. The number of methoxy groups -OCH3 is 1. The molecule has 7 nitrogen and oxygen atoms in total. The quantitative estimate of drug-likeness (QED) is 0.763. The van der Waals surface area contributed by atoms with Crippen molar-refractivity contribution in [3.63, 3.8) is 0 Å². The maximum absolute atomic E-state index is 5.22. The minimum Gasteiger partial charge on any atom is -0.383 e. The van der Waals surface area contributed by atoms with Gasteiger partial charge in [0.15, 0.2) is 5.82 Å². The summed E-state index contributed by atoms with van der Waals surface area (Å²) in [6, 6.07) is 0.0574. The summed E-state index contributed by atoms with van der Waals surface area (Å²) < 4.78 is 12.4. The van der Waals surface area contributed by atoms with E-state index >= 15 is 0 Å². The van der Waals surface area contributed by atoms with Crippen molar-refractivity contribution >= 4 is 0 Å². The molecule has 2 rings (SSSR count). The lowest BCUT2D eigenvalue weighted by Crippen LogP contribution is -2.24. The van der Waals surface area contributed by atoms with E-state index in [4.69, 9.17) is 9.26 Å². The smallest absolute Gasteiger partial charge is 0.243 e. The normalized spacial score (nSPS) is 13.1. The average molecular weight is 279 g/mol. The summed E-state index contributed by atoms with van der Waals surface area (Å²) in [6.07, 6.45) is 3.70. The topological polar surface area (TPSA) is 69.2 Å². The molecule has 0 N–H and O–H groups in total. The first kappa shape index (κ1) is 14.7. The van der Waals surface area contributed by atoms with Crippen LogP contribution in [0.25, 0.3) is 0 Å². The molecule has 0 saturated heterocycles. The van der Waals surface area contributed by atoms with Crippen molar-refractivity contribution in [2.45, 2.75) is 33.0 Å². The molecule has 0 aliphatic heterocycles. The first-order chi connectivity index (χ1) is 9.61. The first-order valence-corrected chi connectivity index (χ1v) is 6.60. The number of imidazole rings is 1. The molecule has 20 heavy (non-hydrogen) atoms. The van der Waals surface area contributed by atoms with Crippen LogP contribution in [-0.4, -0.2) is 45.4 Å². The number of nitrogens with zero attached hydrogens (tertiary/aromatic N) is 5. The van der Waals surface area contributed by atoms with Crippen molar-refractivity contribution in [1.82, 2.24) is 24.6 Å². The van der Waals surface area contributed by atoms with Gasteiger partial charge in [-0.1, -0.05) is 5.16 Å². The van der Waals surface area contributed by atoms with E-state index in [1.54, 1.807) is 7.11 Å². The molecule has 2 heterocycles. The first-order valence-electron chi connectivity index (χ1n) is 6.60. The molecular weight excluding hydrogens is 258 g/mol. The van der Waals surface area contributed by atoms with Gasteiger partial charge < -0.3 is 13.8 Å². The van der Waals surface area contributed by atoms with Gasteiger partial charge in [-0.05, 0) is 20.9 Å². The van der Waals surface area contributed by atoms with Crippen LogP contribution in [0.5, 0.6) is 0 Å². The minimum absolute atomic E-state index is 0.0574. The van der Waals surface area contributed by atoms with Crippen LogP contribution in [0.2, 0.25) is 0 Å². The molecular formula is C13H21N5O2. The minimum atomic E-state index is 0.0574. The van der Waals surface area contributed by atoms with Crippen LogP contribution in [0.1, 0.15) is 30.4 Å². The predicted molar refractivity (Wildman–Crippen MR) is 73.0 cm³/mol. The Hall–Kier alpha value is -1.73. The molecule has 0 bridgehead atoms. The van der Waals surface area contributed by atoms with E-state index in [-0.39, 0.29) is 6.04 Å². The molecule has 0 amide bonds. The zero-order chi connectivity index (χ0) is 14.5. The molecule has 0 aliphatic rings. The molecule has 2 aromatic rings. The monoisotopic (exact) mass is 279 g/mol. The van der Waals surface area contributed by atoms with Gasteiger partial charge in [-0.2, -0.15) is 4.98 Å². The van der Waals surface area contributed by atoms with Gasteiger partial charge in [-0.15, -0.1) is 0 Å². The van der Waals surface area contributed by atoms with Gasteiger partial charge in [0.05, 0.1) is 24.7 Å². The van der Waals surface area contributed by atoms with E-state index in [1.165, 1.54) is 0 Å². The molecule has 0 unspecified atom stereocenters. The van der Waals surface area contributed by atoms with Gasteiger partial charge in [0.1, 0.15) is 0 Å². The van der Waals surface area contributed by atoms with Crippen molar-refractivity contribution in [1.29, 1.82) is 0 Å². The molecule has 0 spiro atoms. The Kier molecular flexibility index (Phi) is 4.86. The Morgan fingerprint density at radius 2 is 2.30 bits per heavy atom. The molecule has 0 saturated carbocycles. The van der Waals surface area contributed by atoms with Crippen LogP contribution < -0.4 is 0 Å². The fourth-order valence-electron chi connectivity index (χ4n) is 1.93. The number of aromatic nitrogens is 4. The van der Waals surface area contributed by atoms with Crippen molar-refractivity contribution in [2.24, 2.45) is 0 Å². The van der Waals surface area contributed by atoms with Gasteiger partial charge in [0, 0.05) is 26.4 Å². The number of aryl methyl sites for hydroxylation is 1. The highest BCUT2D eigenvalue weighted by molar-refractivity contribution is 5.00. The second-order valence-corrected chi connectivity index (χ2v) is 4.84. The van der Waals surface area contributed by atoms with Gasteiger partial charge in [-0.3, -0.25) is 4.90 Å². The third kappa shape index (κ3) is 3.43. The SMILES string of the molecule is COCCn1cncc1CN(C)[C@@H](C)c1nc(C)no1. The highest BCUT2D eigenvalue weighted by Crippen LogP contribution is 2.18. The molecule has 0 fully saturated rings. The van der Waals surface area contributed by atoms with Crippen LogP contribution in [0.15, 0.2) is 17.0 Å². The van der Waals surface area contributed by atoms with Crippen LogP contribution >= 0.6 is 0 Å². The van der Waals surface area contributed by atoms with Crippen molar-refractivity contribution in [3.8, 4) is 0 Å². The van der Waals surface area contributed by atoms with E-state index in [9.17, 15) is 0 Å². The third-order valence-electron chi connectivity index (χ3n) is 3.31. The van der Waals surface area contributed by atoms with Crippen molar-refractivity contribution in [2.75, 3.05) is 20.8 Å². The van der Waals surface area contributed by atoms with Crippen LogP contribution in [0.3, 0.4) is 0 Å². The lowest BCUT2D eigenvalue weighted by Gasteiger charge is -2.22. The summed E-state index contributed by atoms with van der Waals surface area (Å²) >= 11 is 0. The Balaban J connectivity index is 2.00. The Labute approximate surface area is 118 Å². The molecule has 110 valence electrons. The largest absolute Gasteiger partial charge is 0.383 e. The second kappa shape index (κ2) is 6.62. The van der Waals surface area contributed by atoms with Gasteiger partial charge in [0.25, 0.3) is 0 Å². The number of hydrogen-bond donors (Lipinski definition) is 0. The predicted octanol–water partition coefficient (Wildman–Crippen LogP) is 1.41. The van der Waals surface area contributed by atoms with Crippen LogP contribution in [0, 0.1) is 6.92 Å². The molecule has 0 aromatic carbocycles. The molecule has 1 atom stereocenters. The number of hydrogen-bond acceptors (Lipinski definition) is 6. The van der Waals surface area contributed by atoms with Crippen LogP contribution in [-0.2, 0) is 17.8 Å². The van der Waals surface area contributed by atoms with E-state index in [0.29, 0.717) is 18.3 Å². The van der Waals surface area contributed by atoms with E-state index in [0.717, 1.165) is 18.8 Å². The van der Waals surface area contributed by atoms with Gasteiger partial charge >= 0.3 is 0 Å². The Bertz CT molecular complexity index is 536. The van der Waals surface area contributed by atoms with Crippen molar-refractivity contribution < 1.29 is 9.26 Å². The zero-order valence-electron chi connectivity index (χ0n) is 12.4. The molecule has 0 aliphatic carbocycles. The maximum atomic E-state index is 5.22. The Morgan fingerprint density at radius 3 is 2.95 bits per heavy atom. The van der Waals surface area contributed by atoms with Gasteiger partial charge in [0.2, 0.25) is 5.89 Å². The molecule has 2 aromatic heterocycles. The highest BCUT2D eigenvalue weighted by atomic mass is 16.5. The summed E-state index contributed by atoms with van der Waals surface area (Å²) in [6.45, 7) is 6.09. The van der Waals surface area contributed by atoms with Crippen molar-refractivity contribution in [3.05, 3.63) is 29.9 Å². The van der Waals surface area contributed by atoms with E-state index in [2.05, 4.69) is 24.6 Å². The summed E-state index contributed by atoms with van der Waals surface area (Å²) in [5.74, 6) is 1.29. The number of rotatable bonds is 7. The van der Waals surface area contributed by atoms with Crippen LogP contribution in [0.4, 0.5) is 0 Å². The standard InChI is InChI=1S/C13H21N5O2/c1-10(13-15-11(2)16-20-13)17(3)8-12-7-14-9-18(12)5-6-19-4/h7,9-10H,5-6,8H2,1-4H3/t10-/m0/s1.